The number of pyridine rings is 1. The molecule has 0 aliphatic carbocycles. The van der Waals surface area contributed by atoms with E-state index in [-0.39, 0.29) is 11.6 Å². The van der Waals surface area contributed by atoms with Crippen molar-refractivity contribution < 1.29 is 9.18 Å². The fourth-order valence-electron chi connectivity index (χ4n) is 0.940. The number of rotatable bonds is 2. The van der Waals surface area contributed by atoms with Gasteiger partial charge in [0.2, 0.25) is 5.82 Å². The highest BCUT2D eigenvalue weighted by molar-refractivity contribution is 6.00. The molecule has 6 nitrogen and oxygen atoms in total. The van der Waals surface area contributed by atoms with Crippen molar-refractivity contribution in [2.75, 3.05) is 5.32 Å². The normalized spacial score (nSPS) is 9.93. The van der Waals surface area contributed by atoms with Crippen molar-refractivity contribution in [1.82, 2.24) is 20.2 Å². The highest BCUT2D eigenvalue weighted by Gasteiger charge is 2.08. The molecule has 0 fully saturated rings. The van der Waals surface area contributed by atoms with E-state index >= 15 is 0 Å². The van der Waals surface area contributed by atoms with Gasteiger partial charge in [-0.25, -0.2) is 14.4 Å². The number of nitrogens with zero attached hydrogens (tertiary/aromatic N) is 3. The van der Waals surface area contributed by atoms with Crippen molar-refractivity contribution >= 4 is 11.7 Å². The van der Waals surface area contributed by atoms with Gasteiger partial charge in [0.1, 0.15) is 18.0 Å². The van der Waals surface area contributed by atoms with Crippen molar-refractivity contribution in [3.63, 3.8) is 0 Å². The van der Waals surface area contributed by atoms with Crippen LogP contribution in [-0.4, -0.2) is 26.1 Å². The number of aromatic amines is 1. The van der Waals surface area contributed by atoms with Crippen LogP contribution in [0.25, 0.3) is 0 Å². The molecule has 0 aliphatic rings. The molecule has 0 spiro atoms. The van der Waals surface area contributed by atoms with Gasteiger partial charge in [0.25, 0.3) is 5.91 Å². The number of carbonyl (C=O) groups excluding carboxylic acids is 1. The maximum absolute atomic E-state index is 12.5. The van der Waals surface area contributed by atoms with Gasteiger partial charge in [-0.1, -0.05) is 0 Å². The van der Waals surface area contributed by atoms with Crippen LogP contribution in [0.1, 0.15) is 10.6 Å². The molecule has 1 amide bonds. The van der Waals surface area contributed by atoms with Gasteiger partial charge in [0.05, 0.1) is 6.20 Å². The molecule has 2 rings (SSSR count). The Bertz CT molecular complexity index is 452. The van der Waals surface area contributed by atoms with E-state index in [0.29, 0.717) is 0 Å². The lowest BCUT2D eigenvalue weighted by molar-refractivity contribution is 0.101. The molecule has 0 unspecified atom stereocenters. The van der Waals surface area contributed by atoms with E-state index in [2.05, 4.69) is 25.5 Å². The van der Waals surface area contributed by atoms with Crippen LogP contribution in [0.3, 0.4) is 0 Å². The van der Waals surface area contributed by atoms with Gasteiger partial charge in [-0.15, -0.1) is 0 Å². The number of hydrogen-bond donors (Lipinski definition) is 2. The smallest absolute Gasteiger partial charge is 0.294 e. The number of anilines is 1. The molecule has 2 N–H and O–H groups in total. The Morgan fingerprint density at radius 1 is 1.40 bits per heavy atom. The fourth-order valence-corrected chi connectivity index (χ4v) is 0.940. The van der Waals surface area contributed by atoms with E-state index in [9.17, 15) is 9.18 Å². The minimum atomic E-state index is -0.480. The Morgan fingerprint density at radius 2 is 2.27 bits per heavy atom. The second kappa shape index (κ2) is 3.82. The monoisotopic (exact) mass is 207 g/mol. The summed E-state index contributed by atoms with van der Waals surface area (Å²) in [5, 5.41) is 8.34. The van der Waals surface area contributed by atoms with Crippen LogP contribution in [-0.2, 0) is 0 Å². The Morgan fingerprint density at radius 3 is 2.87 bits per heavy atom. The molecule has 76 valence electrons. The first kappa shape index (κ1) is 9.25. The molecule has 7 heteroatoms. The van der Waals surface area contributed by atoms with Crippen LogP contribution in [0.15, 0.2) is 24.7 Å². The van der Waals surface area contributed by atoms with Crippen LogP contribution >= 0.6 is 0 Å². The Hall–Kier alpha value is -2.31. The molecule has 2 aromatic rings. The molecule has 0 atom stereocenters. The molecule has 0 saturated heterocycles. The Kier molecular flexibility index (Phi) is 2.36. The quantitative estimate of drug-likeness (QED) is 0.754. The first-order chi connectivity index (χ1) is 7.25. The van der Waals surface area contributed by atoms with E-state index in [1.165, 1.54) is 18.5 Å². The Balaban J connectivity index is 2.09. The number of hydrogen-bond acceptors (Lipinski definition) is 4. The summed E-state index contributed by atoms with van der Waals surface area (Å²) in [4.78, 5) is 18.7. The van der Waals surface area contributed by atoms with Crippen LogP contribution in [0.2, 0.25) is 0 Å². The molecule has 0 radical (unpaired) electrons. The summed E-state index contributed by atoms with van der Waals surface area (Å²) in [5.74, 6) is -0.627. The predicted octanol–water partition coefficient (Wildman–Crippen LogP) is 0.591. The first-order valence-corrected chi connectivity index (χ1v) is 4.04. The standard InChI is InChI=1S/C8H6FN5O/c9-5-1-2-6(10-3-5)13-8(15)7-11-4-12-14-7/h1-4H,(H,10,13,15)(H,11,12,14). The summed E-state index contributed by atoms with van der Waals surface area (Å²) in [6.07, 6.45) is 2.23. The number of H-pyrrole nitrogens is 1. The average molecular weight is 207 g/mol. The van der Waals surface area contributed by atoms with Crippen molar-refractivity contribution in [2.45, 2.75) is 0 Å². The van der Waals surface area contributed by atoms with Gasteiger partial charge in [-0.3, -0.25) is 9.89 Å². The van der Waals surface area contributed by atoms with Gasteiger partial charge in [-0.05, 0) is 12.1 Å². The molecule has 0 aliphatic heterocycles. The molecule has 2 aromatic heterocycles. The molecule has 15 heavy (non-hydrogen) atoms. The summed E-state index contributed by atoms with van der Waals surface area (Å²) in [6, 6.07) is 2.55. The summed E-state index contributed by atoms with van der Waals surface area (Å²) < 4.78 is 12.5. The largest absolute Gasteiger partial charge is 0.304 e. The van der Waals surface area contributed by atoms with Crippen LogP contribution in [0, 0.1) is 5.82 Å². The maximum Gasteiger partial charge on any atom is 0.294 e. The van der Waals surface area contributed by atoms with Gasteiger partial charge in [-0.2, -0.15) is 5.10 Å². The first-order valence-electron chi connectivity index (χ1n) is 4.04. The molecule has 0 saturated carbocycles. The van der Waals surface area contributed by atoms with Crippen molar-refractivity contribution in [2.24, 2.45) is 0 Å². The van der Waals surface area contributed by atoms with E-state index in [1.54, 1.807) is 0 Å². The van der Waals surface area contributed by atoms with Gasteiger partial charge < -0.3 is 5.32 Å². The summed E-state index contributed by atoms with van der Waals surface area (Å²) in [6.45, 7) is 0. The summed E-state index contributed by atoms with van der Waals surface area (Å²) in [5.41, 5.74) is 0. The molecular weight excluding hydrogens is 201 g/mol. The van der Waals surface area contributed by atoms with Crippen molar-refractivity contribution in [3.05, 3.63) is 36.3 Å². The van der Waals surface area contributed by atoms with Gasteiger partial charge >= 0.3 is 0 Å². The zero-order valence-electron chi connectivity index (χ0n) is 7.44. The highest BCUT2D eigenvalue weighted by atomic mass is 19.1. The lowest BCUT2D eigenvalue weighted by atomic mass is 10.4. The van der Waals surface area contributed by atoms with Gasteiger partial charge in [0, 0.05) is 0 Å². The van der Waals surface area contributed by atoms with Crippen LogP contribution in [0.4, 0.5) is 10.2 Å². The van der Waals surface area contributed by atoms with Crippen molar-refractivity contribution in [3.8, 4) is 0 Å². The zero-order valence-corrected chi connectivity index (χ0v) is 7.44. The fraction of sp³-hybridized carbons (Fsp3) is 0. The second-order valence-corrected chi connectivity index (χ2v) is 2.65. The lowest BCUT2D eigenvalue weighted by Crippen LogP contribution is -2.14. The zero-order chi connectivity index (χ0) is 10.7. The third-order valence-electron chi connectivity index (χ3n) is 1.60. The van der Waals surface area contributed by atoms with Crippen LogP contribution in [0.5, 0.6) is 0 Å². The molecule has 0 aromatic carbocycles. The summed E-state index contributed by atoms with van der Waals surface area (Å²) in [7, 11) is 0. The second-order valence-electron chi connectivity index (χ2n) is 2.65. The minimum Gasteiger partial charge on any atom is -0.304 e. The average Bonchev–Trinajstić information content (AvgIpc) is 2.74. The third-order valence-corrected chi connectivity index (χ3v) is 1.60. The number of amides is 1. The topological polar surface area (TPSA) is 83.6 Å². The number of halogens is 1. The summed E-state index contributed by atoms with van der Waals surface area (Å²) >= 11 is 0. The van der Waals surface area contributed by atoms with E-state index < -0.39 is 11.7 Å². The molecular formula is C8H6FN5O. The van der Waals surface area contributed by atoms with E-state index in [0.717, 1.165) is 6.20 Å². The SMILES string of the molecule is O=C(Nc1ccc(F)cn1)c1ncn[nH]1. The predicted molar refractivity (Wildman–Crippen MR) is 48.5 cm³/mol. The minimum absolute atomic E-state index is 0.0705. The van der Waals surface area contributed by atoms with Crippen LogP contribution < -0.4 is 5.32 Å². The number of aromatic nitrogens is 4. The maximum atomic E-state index is 12.5. The molecule has 0 bridgehead atoms. The third kappa shape index (κ3) is 2.13. The van der Waals surface area contributed by atoms with Gasteiger partial charge in [0.15, 0.2) is 0 Å². The Labute approximate surface area is 83.6 Å². The number of nitrogens with one attached hydrogen (secondary N) is 2. The molecule has 2 heterocycles. The van der Waals surface area contributed by atoms with E-state index in [1.807, 2.05) is 0 Å². The highest BCUT2D eigenvalue weighted by Crippen LogP contribution is 2.04. The lowest BCUT2D eigenvalue weighted by Gasteiger charge is -2.00. The van der Waals surface area contributed by atoms with Crippen molar-refractivity contribution in [1.29, 1.82) is 0 Å². The van der Waals surface area contributed by atoms with E-state index in [4.69, 9.17) is 0 Å². The number of carbonyl (C=O) groups is 1.